The fourth-order valence-corrected chi connectivity index (χ4v) is 13.0. The number of amides is 1. The van der Waals surface area contributed by atoms with Crippen LogP contribution in [-0.4, -0.2) is 47.4 Å². The summed E-state index contributed by atoms with van der Waals surface area (Å²) in [5.41, 5.74) is 0. The second kappa shape index (κ2) is 78.5. The smallest absolute Gasteiger partial charge is 0.305 e. The first-order valence-electron chi connectivity index (χ1n) is 40.7. The molecule has 0 aliphatic rings. The van der Waals surface area contributed by atoms with Gasteiger partial charge in [-0.2, -0.15) is 0 Å². The maximum Gasteiger partial charge on any atom is 0.305 e. The largest absolute Gasteiger partial charge is 0.466 e. The molecule has 0 aliphatic carbocycles. The van der Waals surface area contributed by atoms with Crippen molar-refractivity contribution >= 4 is 11.9 Å². The molecule has 0 rings (SSSR count). The highest BCUT2D eigenvalue weighted by atomic mass is 16.5. The highest BCUT2D eigenvalue weighted by Gasteiger charge is 2.20. The molecule has 2 atom stereocenters. The van der Waals surface area contributed by atoms with Gasteiger partial charge in [-0.3, -0.25) is 9.59 Å². The minimum Gasteiger partial charge on any atom is -0.466 e. The molecule has 0 saturated carbocycles. The minimum atomic E-state index is -0.665. The molecule has 0 aromatic rings. The molecule has 89 heavy (non-hydrogen) atoms. The van der Waals surface area contributed by atoms with Crippen LogP contribution < -0.4 is 5.32 Å². The number of nitrogens with one attached hydrogen (secondary N) is 1. The number of hydrogen-bond acceptors (Lipinski definition) is 5. The number of allylic oxidation sites excluding steroid dienone is 6. The molecule has 0 aromatic heterocycles. The van der Waals surface area contributed by atoms with Gasteiger partial charge >= 0.3 is 5.97 Å². The summed E-state index contributed by atoms with van der Waals surface area (Å²) >= 11 is 0. The van der Waals surface area contributed by atoms with Gasteiger partial charge in [-0.1, -0.05) is 397 Å². The molecule has 1 amide bonds. The van der Waals surface area contributed by atoms with Crippen molar-refractivity contribution in [1.82, 2.24) is 5.32 Å². The molecule has 0 saturated heterocycles. The average Bonchev–Trinajstić information content (AvgIpc) is 3.64. The Hall–Kier alpha value is -1.92. The lowest BCUT2D eigenvalue weighted by Crippen LogP contribution is -2.45. The van der Waals surface area contributed by atoms with Crippen LogP contribution in [0.1, 0.15) is 457 Å². The lowest BCUT2D eigenvalue weighted by atomic mass is 10.0. The highest BCUT2D eigenvalue weighted by molar-refractivity contribution is 5.76. The Morgan fingerprint density at radius 1 is 0.315 bits per heavy atom. The van der Waals surface area contributed by atoms with Crippen molar-refractivity contribution in [1.29, 1.82) is 0 Å². The second-order valence-corrected chi connectivity index (χ2v) is 28.1. The standard InChI is InChI=1S/C83H159NO5/c1-3-5-7-9-11-13-15-17-19-21-22-23-24-34-37-40-44-47-51-55-59-63-67-71-75-81(86)80(79-85)84-82(87)76-72-68-64-60-56-52-48-45-41-38-35-32-30-28-26-25-27-29-31-33-36-39-42-46-50-54-58-62-66-70-74-78-89-83(88)77-73-69-65-61-57-53-49-43-20-18-16-14-12-10-8-6-4-2/h12,14,18,20,27,29,80-81,85-86H,3-11,13,15-17,19,21-26,28,30-79H2,1-2H3,(H,84,87)/b14-12-,20-18-,29-27-. The zero-order chi connectivity index (χ0) is 64.2. The van der Waals surface area contributed by atoms with Gasteiger partial charge in [-0.05, 0) is 83.5 Å². The molecular formula is C83H159NO5. The van der Waals surface area contributed by atoms with Gasteiger partial charge in [0, 0.05) is 12.8 Å². The van der Waals surface area contributed by atoms with E-state index in [0.29, 0.717) is 25.9 Å². The number of ether oxygens (including phenoxy) is 1. The monoisotopic (exact) mass is 1250 g/mol. The summed E-state index contributed by atoms with van der Waals surface area (Å²) in [6.45, 7) is 4.97. The van der Waals surface area contributed by atoms with Crippen LogP contribution in [0, 0.1) is 0 Å². The first-order valence-corrected chi connectivity index (χ1v) is 40.7. The Morgan fingerprint density at radius 2 is 0.562 bits per heavy atom. The van der Waals surface area contributed by atoms with Crippen LogP contribution in [0.2, 0.25) is 0 Å². The van der Waals surface area contributed by atoms with E-state index in [2.05, 4.69) is 55.6 Å². The zero-order valence-corrected chi connectivity index (χ0v) is 60.4. The van der Waals surface area contributed by atoms with E-state index in [4.69, 9.17) is 4.74 Å². The zero-order valence-electron chi connectivity index (χ0n) is 60.4. The highest BCUT2D eigenvalue weighted by Crippen LogP contribution is 2.20. The molecule has 0 spiro atoms. The Labute approximate surface area is 557 Å². The predicted molar refractivity (Wildman–Crippen MR) is 393 cm³/mol. The lowest BCUT2D eigenvalue weighted by Gasteiger charge is -2.22. The third-order valence-corrected chi connectivity index (χ3v) is 19.2. The molecule has 6 heteroatoms. The summed E-state index contributed by atoms with van der Waals surface area (Å²) in [5.74, 6) is -0.0166. The van der Waals surface area contributed by atoms with E-state index in [-0.39, 0.29) is 18.5 Å². The molecule has 0 aromatic carbocycles. The Morgan fingerprint density at radius 3 is 0.888 bits per heavy atom. The van der Waals surface area contributed by atoms with Crippen LogP contribution in [0.25, 0.3) is 0 Å². The van der Waals surface area contributed by atoms with E-state index in [9.17, 15) is 19.8 Å². The quantitative estimate of drug-likeness (QED) is 0.0320. The maximum absolute atomic E-state index is 12.6. The Balaban J connectivity index is 3.36. The third-order valence-electron chi connectivity index (χ3n) is 19.2. The van der Waals surface area contributed by atoms with Gasteiger partial charge in [0.05, 0.1) is 25.4 Å². The van der Waals surface area contributed by atoms with Crippen LogP contribution in [0.3, 0.4) is 0 Å². The summed E-state index contributed by atoms with van der Waals surface area (Å²) in [6.07, 6.45) is 102. The molecule has 3 N–H and O–H groups in total. The number of rotatable bonds is 77. The number of unbranched alkanes of at least 4 members (excludes halogenated alkanes) is 60. The fourth-order valence-electron chi connectivity index (χ4n) is 13.0. The summed E-state index contributed by atoms with van der Waals surface area (Å²) in [4.78, 5) is 24.7. The predicted octanol–water partition coefficient (Wildman–Crippen LogP) is 27.0. The van der Waals surface area contributed by atoms with E-state index in [1.54, 1.807) is 0 Å². The number of esters is 1. The van der Waals surface area contributed by atoms with Crippen molar-refractivity contribution in [2.24, 2.45) is 0 Å². The number of aliphatic hydroxyl groups excluding tert-OH is 2. The van der Waals surface area contributed by atoms with E-state index < -0.39 is 12.1 Å². The number of carbonyl (C=O) groups excluding carboxylic acids is 2. The number of carbonyl (C=O) groups is 2. The van der Waals surface area contributed by atoms with E-state index in [0.717, 1.165) is 51.4 Å². The van der Waals surface area contributed by atoms with Gasteiger partial charge < -0.3 is 20.3 Å². The van der Waals surface area contributed by atoms with Gasteiger partial charge in [-0.15, -0.1) is 0 Å². The first kappa shape index (κ1) is 87.1. The minimum absolute atomic E-state index is 0.0108. The molecular weight excluding hydrogens is 1090 g/mol. The summed E-state index contributed by atoms with van der Waals surface area (Å²) in [7, 11) is 0. The van der Waals surface area contributed by atoms with E-state index >= 15 is 0 Å². The SMILES string of the molecule is CCCCC/C=C\C/C=C\CCCCCCCCCC(=O)OCCCCCCCCCCCCCC/C=C\CCCCCCCCCCCCCCCCCC(=O)NC(CO)C(O)CCCCCCCCCCCCCCCCCCCCCCCCCC. The molecule has 0 heterocycles. The average molecular weight is 1250 g/mol. The van der Waals surface area contributed by atoms with Crippen molar-refractivity contribution in [2.45, 2.75) is 469 Å². The normalized spacial score (nSPS) is 12.6. The third kappa shape index (κ3) is 75.0. The van der Waals surface area contributed by atoms with Crippen LogP contribution in [-0.2, 0) is 14.3 Å². The van der Waals surface area contributed by atoms with Crippen molar-refractivity contribution in [3.8, 4) is 0 Å². The van der Waals surface area contributed by atoms with Gasteiger partial charge in [-0.25, -0.2) is 0 Å². The topological polar surface area (TPSA) is 95.9 Å². The van der Waals surface area contributed by atoms with Gasteiger partial charge in [0.2, 0.25) is 5.91 Å². The van der Waals surface area contributed by atoms with Crippen LogP contribution in [0.5, 0.6) is 0 Å². The second-order valence-electron chi connectivity index (χ2n) is 28.1. The first-order chi connectivity index (χ1) is 44.0. The molecule has 6 nitrogen and oxygen atoms in total. The van der Waals surface area contributed by atoms with Gasteiger partial charge in [0.1, 0.15) is 0 Å². The van der Waals surface area contributed by atoms with Crippen molar-refractivity contribution in [3.63, 3.8) is 0 Å². The molecule has 0 fully saturated rings. The van der Waals surface area contributed by atoms with Crippen molar-refractivity contribution < 1.29 is 24.5 Å². The van der Waals surface area contributed by atoms with E-state index in [1.165, 1.54) is 372 Å². The van der Waals surface area contributed by atoms with Crippen molar-refractivity contribution in [3.05, 3.63) is 36.5 Å². The molecule has 2 unspecified atom stereocenters. The van der Waals surface area contributed by atoms with Gasteiger partial charge in [0.15, 0.2) is 0 Å². The van der Waals surface area contributed by atoms with Crippen LogP contribution in [0.15, 0.2) is 36.5 Å². The summed E-state index contributed by atoms with van der Waals surface area (Å²) < 4.78 is 5.50. The fraction of sp³-hybridized carbons (Fsp3) is 0.904. The number of aliphatic hydroxyl groups is 2. The molecule has 526 valence electrons. The molecule has 0 aliphatic heterocycles. The molecule has 0 bridgehead atoms. The Bertz CT molecular complexity index is 1440. The van der Waals surface area contributed by atoms with Gasteiger partial charge in [0.25, 0.3) is 0 Å². The number of hydrogen-bond donors (Lipinski definition) is 3. The van der Waals surface area contributed by atoms with Crippen LogP contribution >= 0.6 is 0 Å². The Kier molecular flexibility index (Phi) is 76.8. The van der Waals surface area contributed by atoms with E-state index in [1.807, 2.05) is 0 Å². The van der Waals surface area contributed by atoms with Crippen molar-refractivity contribution in [2.75, 3.05) is 13.2 Å². The lowest BCUT2D eigenvalue weighted by molar-refractivity contribution is -0.143. The summed E-state index contributed by atoms with van der Waals surface area (Å²) in [5, 5.41) is 23.5. The molecule has 0 radical (unpaired) electrons. The maximum atomic E-state index is 12.6. The van der Waals surface area contributed by atoms with Crippen LogP contribution in [0.4, 0.5) is 0 Å². The summed E-state index contributed by atoms with van der Waals surface area (Å²) in [6, 6.07) is -0.542.